The minimum Gasteiger partial charge on any atom is -0.496 e. The summed E-state index contributed by atoms with van der Waals surface area (Å²) in [5, 5.41) is 9.09. The van der Waals surface area contributed by atoms with E-state index in [1.165, 1.54) is 0 Å². The van der Waals surface area contributed by atoms with E-state index in [9.17, 15) is 4.79 Å². The molecule has 0 bridgehead atoms. The maximum atomic E-state index is 11.6. The maximum Gasteiger partial charge on any atom is 0.266 e. The molecule has 0 aliphatic carbocycles. The number of nitrogens with one attached hydrogen (secondary N) is 1. The number of H-pyrrole nitrogens is 1. The van der Waals surface area contributed by atoms with Gasteiger partial charge in [-0.25, -0.2) is 0 Å². The minimum atomic E-state index is -0.367. The highest BCUT2D eigenvalue weighted by molar-refractivity contribution is 5.71. The predicted molar refractivity (Wildman–Crippen MR) is 73.1 cm³/mol. The number of aromatic nitrogens is 1. The van der Waals surface area contributed by atoms with E-state index in [4.69, 9.17) is 10.00 Å². The highest BCUT2D eigenvalue weighted by atomic mass is 16.5. The summed E-state index contributed by atoms with van der Waals surface area (Å²) in [7, 11) is 1.63. The Morgan fingerprint density at radius 3 is 2.79 bits per heavy atom. The van der Waals surface area contributed by atoms with Gasteiger partial charge in [0.1, 0.15) is 17.4 Å². The van der Waals surface area contributed by atoms with Crippen molar-refractivity contribution < 1.29 is 4.74 Å². The summed E-state index contributed by atoms with van der Waals surface area (Å²) in [5.41, 5.74) is 2.30. The fourth-order valence-corrected chi connectivity index (χ4v) is 2.05. The molecule has 0 atom stereocenters. The van der Waals surface area contributed by atoms with Gasteiger partial charge in [-0.1, -0.05) is 13.0 Å². The molecular weight excluding hydrogens is 240 g/mol. The molecule has 0 aliphatic heterocycles. The van der Waals surface area contributed by atoms with Crippen LogP contribution < -0.4 is 10.3 Å². The quantitative estimate of drug-likeness (QED) is 0.915. The Hall–Kier alpha value is -2.54. The molecule has 96 valence electrons. The molecule has 0 amide bonds. The van der Waals surface area contributed by atoms with Gasteiger partial charge in [-0.05, 0) is 35.7 Å². The van der Waals surface area contributed by atoms with Gasteiger partial charge in [-0.15, -0.1) is 0 Å². The molecule has 0 radical (unpaired) electrons. The molecule has 0 saturated carbocycles. The second-order valence-electron chi connectivity index (χ2n) is 4.09. The number of aryl methyl sites for hydroxylation is 1. The van der Waals surface area contributed by atoms with Crippen LogP contribution in [0.5, 0.6) is 5.75 Å². The highest BCUT2D eigenvalue weighted by Crippen LogP contribution is 2.27. The maximum absolute atomic E-state index is 11.6. The lowest BCUT2D eigenvalue weighted by Crippen LogP contribution is -2.10. The molecule has 1 aromatic carbocycles. The molecule has 4 heteroatoms. The van der Waals surface area contributed by atoms with Crippen LogP contribution in [0, 0.1) is 11.3 Å². The molecular formula is C15H14N2O2. The van der Waals surface area contributed by atoms with Gasteiger partial charge in [-0.3, -0.25) is 4.79 Å². The molecule has 1 N–H and O–H groups in total. The standard InChI is InChI=1S/C15H14N2O2/c1-3-10-8-11(4-5-14(10)19-2)12-6-7-17-15(18)13(12)9-16/h4-8H,3H2,1-2H3,(H,17,18). The first-order valence-corrected chi connectivity index (χ1v) is 6.00. The predicted octanol–water partition coefficient (Wildman–Crippen LogP) is 2.48. The average Bonchev–Trinajstić information content (AvgIpc) is 2.46. The van der Waals surface area contributed by atoms with E-state index in [1.807, 2.05) is 31.2 Å². The summed E-state index contributed by atoms with van der Waals surface area (Å²) < 4.78 is 5.27. The van der Waals surface area contributed by atoms with E-state index < -0.39 is 0 Å². The van der Waals surface area contributed by atoms with E-state index in [2.05, 4.69) is 4.98 Å². The summed E-state index contributed by atoms with van der Waals surface area (Å²) in [6.07, 6.45) is 2.37. The van der Waals surface area contributed by atoms with Gasteiger partial charge in [0, 0.05) is 11.8 Å². The van der Waals surface area contributed by atoms with Crippen molar-refractivity contribution >= 4 is 0 Å². The molecule has 0 spiro atoms. The van der Waals surface area contributed by atoms with Gasteiger partial charge in [-0.2, -0.15) is 5.26 Å². The highest BCUT2D eigenvalue weighted by Gasteiger charge is 2.10. The van der Waals surface area contributed by atoms with Gasteiger partial charge in [0.05, 0.1) is 7.11 Å². The average molecular weight is 254 g/mol. The van der Waals surface area contributed by atoms with Crippen molar-refractivity contribution in [3.8, 4) is 22.9 Å². The number of nitrogens with zero attached hydrogens (tertiary/aromatic N) is 1. The zero-order chi connectivity index (χ0) is 13.8. The molecule has 1 heterocycles. The third-order valence-electron chi connectivity index (χ3n) is 3.04. The number of pyridine rings is 1. The Kier molecular flexibility index (Phi) is 3.67. The fraction of sp³-hybridized carbons (Fsp3) is 0.200. The lowest BCUT2D eigenvalue weighted by molar-refractivity contribution is 0.410. The Morgan fingerprint density at radius 1 is 1.37 bits per heavy atom. The number of hydrogen-bond acceptors (Lipinski definition) is 3. The monoisotopic (exact) mass is 254 g/mol. The second-order valence-corrected chi connectivity index (χ2v) is 4.09. The van der Waals surface area contributed by atoms with Crippen LogP contribution in [0.25, 0.3) is 11.1 Å². The number of nitriles is 1. The number of methoxy groups -OCH3 is 1. The molecule has 0 unspecified atom stereocenters. The summed E-state index contributed by atoms with van der Waals surface area (Å²) in [6.45, 7) is 2.03. The van der Waals surface area contributed by atoms with Crippen molar-refractivity contribution in [3.63, 3.8) is 0 Å². The van der Waals surface area contributed by atoms with Crippen LogP contribution in [0.1, 0.15) is 18.1 Å². The largest absolute Gasteiger partial charge is 0.496 e. The fourth-order valence-electron chi connectivity index (χ4n) is 2.05. The first-order chi connectivity index (χ1) is 9.21. The molecule has 0 aliphatic rings. The summed E-state index contributed by atoms with van der Waals surface area (Å²) in [5.74, 6) is 0.814. The van der Waals surface area contributed by atoms with Crippen LogP contribution >= 0.6 is 0 Å². The summed E-state index contributed by atoms with van der Waals surface area (Å²) >= 11 is 0. The van der Waals surface area contributed by atoms with Crippen LogP contribution in [-0.2, 0) is 6.42 Å². The van der Waals surface area contributed by atoms with E-state index in [0.29, 0.717) is 5.56 Å². The zero-order valence-corrected chi connectivity index (χ0v) is 10.9. The van der Waals surface area contributed by atoms with E-state index in [-0.39, 0.29) is 11.1 Å². The number of aromatic amines is 1. The molecule has 2 aromatic rings. The molecule has 0 saturated heterocycles. The van der Waals surface area contributed by atoms with Crippen LogP contribution in [0.15, 0.2) is 35.3 Å². The van der Waals surface area contributed by atoms with Gasteiger partial charge in [0.2, 0.25) is 0 Å². The van der Waals surface area contributed by atoms with Crippen molar-refractivity contribution in [2.75, 3.05) is 7.11 Å². The first-order valence-electron chi connectivity index (χ1n) is 6.00. The lowest BCUT2D eigenvalue weighted by atomic mass is 9.99. The zero-order valence-electron chi connectivity index (χ0n) is 10.9. The number of hydrogen-bond donors (Lipinski definition) is 1. The van der Waals surface area contributed by atoms with Gasteiger partial charge < -0.3 is 9.72 Å². The van der Waals surface area contributed by atoms with Crippen molar-refractivity contribution in [2.45, 2.75) is 13.3 Å². The van der Waals surface area contributed by atoms with Crippen molar-refractivity contribution in [1.82, 2.24) is 4.98 Å². The summed E-state index contributed by atoms with van der Waals surface area (Å²) in [6, 6.07) is 9.36. The molecule has 4 nitrogen and oxygen atoms in total. The Balaban J connectivity index is 2.64. The van der Waals surface area contributed by atoms with Crippen LogP contribution in [0.2, 0.25) is 0 Å². The Bertz CT molecular complexity index is 696. The third kappa shape index (κ3) is 2.36. The normalized spacial score (nSPS) is 9.95. The van der Waals surface area contributed by atoms with Crippen molar-refractivity contribution in [2.24, 2.45) is 0 Å². The van der Waals surface area contributed by atoms with Crippen LogP contribution in [0.3, 0.4) is 0 Å². The molecule has 1 aromatic heterocycles. The molecule has 19 heavy (non-hydrogen) atoms. The van der Waals surface area contributed by atoms with E-state index in [0.717, 1.165) is 23.3 Å². The molecule has 2 rings (SSSR count). The summed E-state index contributed by atoms with van der Waals surface area (Å²) in [4.78, 5) is 14.1. The van der Waals surface area contributed by atoms with E-state index in [1.54, 1.807) is 19.4 Å². The van der Waals surface area contributed by atoms with E-state index >= 15 is 0 Å². The van der Waals surface area contributed by atoms with Crippen molar-refractivity contribution in [3.05, 3.63) is 51.9 Å². The van der Waals surface area contributed by atoms with Crippen LogP contribution in [0.4, 0.5) is 0 Å². The minimum absolute atomic E-state index is 0.134. The molecule has 0 fully saturated rings. The van der Waals surface area contributed by atoms with Gasteiger partial charge >= 0.3 is 0 Å². The van der Waals surface area contributed by atoms with Crippen molar-refractivity contribution in [1.29, 1.82) is 5.26 Å². The van der Waals surface area contributed by atoms with Crippen LogP contribution in [-0.4, -0.2) is 12.1 Å². The lowest BCUT2D eigenvalue weighted by Gasteiger charge is -2.10. The second kappa shape index (κ2) is 5.40. The van der Waals surface area contributed by atoms with Gasteiger partial charge in [0.25, 0.3) is 5.56 Å². The number of ether oxygens (including phenoxy) is 1. The first kappa shape index (κ1) is 12.9. The smallest absolute Gasteiger partial charge is 0.266 e. The third-order valence-corrected chi connectivity index (χ3v) is 3.04. The topological polar surface area (TPSA) is 65.9 Å². The SMILES string of the molecule is CCc1cc(-c2cc[nH]c(=O)c2C#N)ccc1OC. The Morgan fingerprint density at radius 2 is 2.16 bits per heavy atom. The number of benzene rings is 1. The van der Waals surface area contributed by atoms with Gasteiger partial charge in [0.15, 0.2) is 0 Å². The number of rotatable bonds is 3. The Labute approximate surface area is 111 Å².